The molecule has 0 amide bonds. The van der Waals surface area contributed by atoms with Crippen LogP contribution in [-0.4, -0.2) is 15.8 Å². The van der Waals surface area contributed by atoms with Crippen LogP contribution in [0.3, 0.4) is 0 Å². The normalized spacial score (nSPS) is 10.8. The number of nitrogens with zero attached hydrogens (tertiary/aromatic N) is 2. The van der Waals surface area contributed by atoms with E-state index in [1.807, 2.05) is 0 Å². The molecule has 0 atom stereocenters. The van der Waals surface area contributed by atoms with Crippen molar-refractivity contribution in [1.29, 1.82) is 0 Å². The smallest absolute Gasteiger partial charge is 0.196 e. The lowest BCUT2D eigenvalue weighted by Gasteiger charge is -2.12. The highest BCUT2D eigenvalue weighted by molar-refractivity contribution is 6.38. The molecular formula is C23H12Cl2F2N2O. The lowest BCUT2D eigenvalue weighted by Crippen LogP contribution is -2.06. The summed E-state index contributed by atoms with van der Waals surface area (Å²) in [6, 6.07) is 12.3. The summed E-state index contributed by atoms with van der Waals surface area (Å²) in [5, 5.41) is -0.733. The Morgan fingerprint density at radius 2 is 1.13 bits per heavy atom. The van der Waals surface area contributed by atoms with Crippen molar-refractivity contribution < 1.29 is 13.6 Å². The van der Waals surface area contributed by atoms with Crippen molar-refractivity contribution in [1.82, 2.24) is 9.97 Å². The average Bonchev–Trinajstić information content (AvgIpc) is 2.78. The van der Waals surface area contributed by atoms with Crippen LogP contribution in [-0.2, 0) is 0 Å². The Morgan fingerprint density at radius 3 is 1.50 bits per heavy atom. The van der Waals surface area contributed by atoms with Gasteiger partial charge in [0, 0.05) is 58.2 Å². The number of hydrogen-bond acceptors (Lipinski definition) is 3. The quantitative estimate of drug-likeness (QED) is 0.334. The second kappa shape index (κ2) is 8.30. The van der Waals surface area contributed by atoms with Gasteiger partial charge in [0.2, 0.25) is 0 Å². The molecular weight excluding hydrogens is 429 g/mol. The molecule has 4 rings (SSSR count). The molecule has 0 saturated heterocycles. The second-order valence-electron chi connectivity index (χ2n) is 6.39. The van der Waals surface area contributed by atoms with Gasteiger partial charge in [0.1, 0.15) is 11.6 Å². The first-order valence-electron chi connectivity index (χ1n) is 8.80. The molecule has 0 aliphatic carbocycles. The molecule has 7 heteroatoms. The number of rotatable bonds is 4. The average molecular weight is 441 g/mol. The maximum atomic E-state index is 14.9. The Morgan fingerprint density at radius 1 is 0.700 bits per heavy atom. The van der Waals surface area contributed by atoms with Gasteiger partial charge >= 0.3 is 0 Å². The molecule has 0 spiro atoms. The first-order chi connectivity index (χ1) is 14.5. The zero-order valence-corrected chi connectivity index (χ0v) is 16.8. The van der Waals surface area contributed by atoms with Crippen molar-refractivity contribution in [2.75, 3.05) is 0 Å². The third kappa shape index (κ3) is 3.58. The monoisotopic (exact) mass is 440 g/mol. The van der Waals surface area contributed by atoms with Crippen LogP contribution in [0.25, 0.3) is 22.3 Å². The van der Waals surface area contributed by atoms with E-state index in [-0.39, 0.29) is 32.3 Å². The first-order valence-corrected chi connectivity index (χ1v) is 9.56. The van der Waals surface area contributed by atoms with Crippen molar-refractivity contribution in [3.05, 3.63) is 106 Å². The summed E-state index contributed by atoms with van der Waals surface area (Å²) in [5.41, 5.74) is 1.21. The molecule has 0 aliphatic rings. The molecule has 2 heterocycles. The van der Waals surface area contributed by atoms with Crippen LogP contribution in [0.4, 0.5) is 8.78 Å². The van der Waals surface area contributed by atoms with Gasteiger partial charge in [-0.15, -0.1) is 0 Å². The topological polar surface area (TPSA) is 42.9 Å². The van der Waals surface area contributed by atoms with Crippen LogP contribution in [0.2, 0.25) is 10.0 Å². The van der Waals surface area contributed by atoms with Crippen LogP contribution in [0.5, 0.6) is 0 Å². The maximum absolute atomic E-state index is 14.9. The number of hydrogen-bond donors (Lipinski definition) is 0. The van der Waals surface area contributed by atoms with Crippen LogP contribution >= 0.6 is 23.2 Å². The fourth-order valence-electron chi connectivity index (χ4n) is 3.08. The van der Waals surface area contributed by atoms with Crippen molar-refractivity contribution in [2.24, 2.45) is 0 Å². The number of carbonyl (C=O) groups is 1. The summed E-state index contributed by atoms with van der Waals surface area (Å²) in [6.07, 6.45) is 6.10. The molecule has 0 N–H and O–H groups in total. The third-order valence-corrected chi connectivity index (χ3v) is 5.34. The number of aromatic nitrogens is 2. The lowest BCUT2D eigenvalue weighted by atomic mass is 9.97. The van der Waals surface area contributed by atoms with Gasteiger partial charge in [-0.25, -0.2) is 8.78 Å². The lowest BCUT2D eigenvalue weighted by molar-refractivity contribution is 0.103. The molecule has 4 aromatic rings. The standard InChI is InChI=1S/C23H12Cl2F2N2O/c24-19-17(7-5-15(21(19)26)13-3-1-9-28-11-13)23(30)18-8-6-16(22(27)20(18)25)14-4-2-10-29-12-14/h1-12H. The summed E-state index contributed by atoms with van der Waals surface area (Å²) in [6.45, 7) is 0. The van der Waals surface area contributed by atoms with Crippen LogP contribution in [0.1, 0.15) is 15.9 Å². The number of benzene rings is 2. The van der Waals surface area contributed by atoms with E-state index in [0.29, 0.717) is 11.1 Å². The predicted octanol–water partition coefficient (Wildman–Crippen LogP) is 6.63. The second-order valence-corrected chi connectivity index (χ2v) is 7.15. The van der Waals surface area contributed by atoms with E-state index in [2.05, 4.69) is 9.97 Å². The fourth-order valence-corrected chi connectivity index (χ4v) is 3.59. The predicted molar refractivity (Wildman–Crippen MR) is 113 cm³/mol. The number of carbonyl (C=O) groups excluding carboxylic acids is 1. The Bertz CT molecular complexity index is 1150. The summed E-state index contributed by atoms with van der Waals surface area (Å²) >= 11 is 12.3. The highest BCUT2D eigenvalue weighted by Gasteiger charge is 2.23. The van der Waals surface area contributed by atoms with Crippen LogP contribution in [0.15, 0.2) is 73.3 Å². The number of halogens is 4. The Balaban J connectivity index is 1.75. The highest BCUT2D eigenvalue weighted by Crippen LogP contribution is 2.35. The molecule has 0 fully saturated rings. The van der Waals surface area contributed by atoms with E-state index < -0.39 is 17.4 Å². The summed E-state index contributed by atoms with van der Waals surface area (Å²) in [7, 11) is 0. The molecule has 0 unspecified atom stereocenters. The number of pyridine rings is 2. The van der Waals surface area contributed by atoms with Gasteiger partial charge in [-0.1, -0.05) is 47.5 Å². The van der Waals surface area contributed by atoms with Crippen molar-refractivity contribution >= 4 is 29.0 Å². The summed E-state index contributed by atoms with van der Waals surface area (Å²) in [4.78, 5) is 20.9. The van der Waals surface area contributed by atoms with Gasteiger partial charge in [-0.05, 0) is 24.3 Å². The van der Waals surface area contributed by atoms with Crippen LogP contribution < -0.4 is 0 Å². The van der Waals surface area contributed by atoms with E-state index >= 15 is 0 Å². The largest absolute Gasteiger partial charge is 0.288 e. The maximum Gasteiger partial charge on any atom is 0.196 e. The van der Waals surface area contributed by atoms with Gasteiger partial charge in [0.15, 0.2) is 5.78 Å². The molecule has 148 valence electrons. The zero-order chi connectivity index (χ0) is 21.3. The Kier molecular flexibility index (Phi) is 5.57. The molecule has 2 aromatic heterocycles. The minimum atomic E-state index is -0.765. The van der Waals surface area contributed by atoms with Gasteiger partial charge < -0.3 is 0 Å². The van der Waals surface area contributed by atoms with Crippen LogP contribution in [0, 0.1) is 11.6 Å². The molecule has 3 nitrogen and oxygen atoms in total. The fraction of sp³-hybridized carbons (Fsp3) is 0. The molecule has 0 saturated carbocycles. The molecule has 0 bridgehead atoms. The molecule has 2 aromatic carbocycles. The van der Waals surface area contributed by atoms with Gasteiger partial charge in [-0.2, -0.15) is 0 Å². The molecule has 0 aliphatic heterocycles. The van der Waals surface area contributed by atoms with Crippen molar-refractivity contribution in [3.63, 3.8) is 0 Å². The van der Waals surface area contributed by atoms with E-state index in [0.717, 1.165) is 0 Å². The summed E-state index contributed by atoms with van der Waals surface area (Å²) in [5.74, 6) is -2.21. The van der Waals surface area contributed by atoms with E-state index in [9.17, 15) is 13.6 Å². The molecule has 0 radical (unpaired) electrons. The minimum Gasteiger partial charge on any atom is -0.288 e. The van der Waals surface area contributed by atoms with Gasteiger partial charge in [0.05, 0.1) is 10.0 Å². The van der Waals surface area contributed by atoms with E-state index in [4.69, 9.17) is 23.2 Å². The zero-order valence-electron chi connectivity index (χ0n) is 15.2. The first kappa shape index (κ1) is 20.1. The SMILES string of the molecule is O=C(c1ccc(-c2cccnc2)c(F)c1Cl)c1ccc(-c2cccnc2)c(F)c1Cl. The highest BCUT2D eigenvalue weighted by atomic mass is 35.5. The van der Waals surface area contributed by atoms with Crippen molar-refractivity contribution in [3.8, 4) is 22.3 Å². The summed E-state index contributed by atoms with van der Waals surface area (Å²) < 4.78 is 29.7. The van der Waals surface area contributed by atoms with Gasteiger partial charge in [-0.3, -0.25) is 14.8 Å². The minimum absolute atomic E-state index is 0.114. The van der Waals surface area contributed by atoms with E-state index in [1.165, 1.54) is 36.7 Å². The Labute approximate surface area is 181 Å². The van der Waals surface area contributed by atoms with Gasteiger partial charge in [0.25, 0.3) is 0 Å². The number of ketones is 1. The molecule has 30 heavy (non-hydrogen) atoms. The van der Waals surface area contributed by atoms with E-state index in [1.54, 1.807) is 36.7 Å². The Hall–Kier alpha value is -3.15. The third-order valence-electron chi connectivity index (χ3n) is 4.60. The van der Waals surface area contributed by atoms with Crippen molar-refractivity contribution in [2.45, 2.75) is 0 Å².